The largest absolute Gasteiger partial charge is 0.508 e. The zero-order valence-corrected chi connectivity index (χ0v) is 34.2. The number of urea groups is 1. The van der Waals surface area contributed by atoms with Crippen LogP contribution in [0.3, 0.4) is 0 Å². The number of carbonyl (C=O) groups is 4. The number of amides is 5. The summed E-state index contributed by atoms with van der Waals surface area (Å²) >= 11 is 0. The number of hydrogen-bond acceptors (Lipinski definition) is 8. The van der Waals surface area contributed by atoms with Crippen molar-refractivity contribution in [3.63, 3.8) is 0 Å². The third-order valence-electron chi connectivity index (χ3n) is 11.9. The van der Waals surface area contributed by atoms with Crippen LogP contribution in [0.4, 0.5) is 4.79 Å². The Morgan fingerprint density at radius 1 is 0.885 bits per heavy atom. The van der Waals surface area contributed by atoms with Gasteiger partial charge in [0, 0.05) is 77.4 Å². The number of phenolic OH excluding ortho intramolecular Hbond substituents is 1. The minimum absolute atomic E-state index is 0.0440. The van der Waals surface area contributed by atoms with Crippen LogP contribution in [0.2, 0.25) is 0 Å². The second-order valence-electron chi connectivity index (χ2n) is 15.9. The Labute approximate surface area is 355 Å². The molecule has 0 spiro atoms. The third-order valence-corrected chi connectivity index (χ3v) is 11.9. The van der Waals surface area contributed by atoms with Crippen molar-refractivity contribution < 1.29 is 24.3 Å². The maximum absolute atomic E-state index is 14.8. The van der Waals surface area contributed by atoms with E-state index in [2.05, 4.69) is 22.9 Å². The molecule has 8 rings (SSSR count). The predicted octanol–water partition coefficient (Wildman–Crippen LogP) is 4.45. The molecule has 5 aromatic rings. The number of carbonyl (C=O) groups excluding carboxylic acids is 4. The van der Waals surface area contributed by atoms with E-state index in [9.17, 15) is 24.3 Å². The van der Waals surface area contributed by atoms with E-state index in [-0.39, 0.29) is 62.6 Å². The molecule has 3 saturated heterocycles. The van der Waals surface area contributed by atoms with Crippen molar-refractivity contribution in [2.45, 2.75) is 38.3 Å². The molecule has 3 aliphatic rings. The van der Waals surface area contributed by atoms with Gasteiger partial charge in [0.2, 0.25) is 11.8 Å². The Bertz CT molecular complexity index is 2470. The fourth-order valence-electron chi connectivity index (χ4n) is 8.83. The second-order valence-corrected chi connectivity index (χ2v) is 15.9. The first kappa shape index (κ1) is 40.8. The van der Waals surface area contributed by atoms with Crippen molar-refractivity contribution in [1.29, 1.82) is 5.26 Å². The summed E-state index contributed by atoms with van der Waals surface area (Å²) in [7, 11) is 1.90. The smallest absolute Gasteiger partial charge is 0.334 e. The molecule has 0 aliphatic carbocycles. The average molecular weight is 820 g/mol. The minimum Gasteiger partial charge on any atom is -0.508 e. The summed E-state index contributed by atoms with van der Waals surface area (Å²) in [5.41, 5.74) is 5.64. The molecule has 61 heavy (non-hydrogen) atoms. The van der Waals surface area contributed by atoms with Gasteiger partial charge in [0.25, 0.3) is 5.91 Å². The van der Waals surface area contributed by atoms with E-state index >= 15 is 0 Å². The Morgan fingerprint density at radius 2 is 1.61 bits per heavy atom. The summed E-state index contributed by atoms with van der Waals surface area (Å²) in [6.07, 6.45) is 2.84. The summed E-state index contributed by atoms with van der Waals surface area (Å²) in [6, 6.07) is 30.3. The lowest BCUT2D eigenvalue weighted by atomic mass is 9.98. The van der Waals surface area contributed by atoms with Crippen molar-refractivity contribution in [3.05, 3.63) is 149 Å². The molecule has 312 valence electrons. The monoisotopic (exact) mass is 819 g/mol. The van der Waals surface area contributed by atoms with Gasteiger partial charge in [0.15, 0.2) is 0 Å². The van der Waals surface area contributed by atoms with E-state index in [0.717, 1.165) is 52.8 Å². The number of piperazine rings is 2. The summed E-state index contributed by atoms with van der Waals surface area (Å²) in [5, 5.41) is 26.2. The van der Waals surface area contributed by atoms with E-state index in [4.69, 9.17) is 5.26 Å². The normalized spacial score (nSPS) is 18.6. The molecule has 0 radical (unpaired) electrons. The summed E-state index contributed by atoms with van der Waals surface area (Å²) in [6.45, 7) is 7.81. The number of nitriles is 1. The van der Waals surface area contributed by atoms with Gasteiger partial charge < -0.3 is 29.7 Å². The quantitative estimate of drug-likeness (QED) is 0.186. The van der Waals surface area contributed by atoms with Gasteiger partial charge >= 0.3 is 6.03 Å². The fraction of sp³-hybridized carbons (Fsp3) is 0.298. The number of phenols is 1. The minimum atomic E-state index is -0.938. The van der Waals surface area contributed by atoms with Crippen LogP contribution in [-0.4, -0.2) is 121 Å². The molecule has 0 saturated carbocycles. The maximum Gasteiger partial charge on any atom is 0.334 e. The summed E-state index contributed by atoms with van der Waals surface area (Å²) < 4.78 is 1.94. The van der Waals surface area contributed by atoms with Crippen molar-refractivity contribution in [1.82, 2.24) is 39.5 Å². The molecule has 5 amide bonds. The van der Waals surface area contributed by atoms with Crippen LogP contribution >= 0.6 is 0 Å². The highest BCUT2D eigenvalue weighted by Gasteiger charge is 2.51. The number of nitrogens with zero attached hydrogens (tertiary/aromatic N) is 8. The van der Waals surface area contributed by atoms with Gasteiger partial charge in [-0.25, -0.2) is 14.8 Å². The molecule has 2 atom stereocenters. The first-order valence-corrected chi connectivity index (χ1v) is 20.5. The Hall–Kier alpha value is -6.95. The molecular formula is C47H49N9O5. The average Bonchev–Trinajstić information content (AvgIpc) is 3.62. The highest BCUT2D eigenvalue weighted by Crippen LogP contribution is 2.32. The van der Waals surface area contributed by atoms with Crippen LogP contribution in [0.15, 0.2) is 116 Å². The van der Waals surface area contributed by atoms with Crippen molar-refractivity contribution in [2.24, 2.45) is 7.05 Å². The molecule has 0 unspecified atom stereocenters. The third kappa shape index (κ3) is 8.57. The van der Waals surface area contributed by atoms with Crippen molar-refractivity contribution in [3.8, 4) is 11.8 Å². The lowest BCUT2D eigenvalue weighted by Gasteiger charge is -2.55. The SMILES string of the molecule is C=CCN1CC(=O)N2[C@@H](Cc3ccc(O)cc3)C(=O)N(Cc3cccc4c(C(=O)N5CCN(Cc6ccc(C#N)cc6)CC5)cn(C)c34)C[C@@H]2N1C(=O)NCc1ccccc1. The number of rotatable bonds is 11. The van der Waals surface area contributed by atoms with Gasteiger partial charge in [-0.3, -0.25) is 19.3 Å². The second kappa shape index (κ2) is 17.7. The van der Waals surface area contributed by atoms with E-state index in [1.165, 1.54) is 0 Å². The van der Waals surface area contributed by atoms with Gasteiger partial charge in [-0.05, 0) is 46.5 Å². The number of aromatic hydroxyl groups is 1. The van der Waals surface area contributed by atoms with Gasteiger partial charge in [-0.15, -0.1) is 6.58 Å². The molecule has 3 fully saturated rings. The Kier molecular flexibility index (Phi) is 11.9. The first-order chi connectivity index (χ1) is 29.6. The number of benzene rings is 4. The highest BCUT2D eigenvalue weighted by atomic mass is 16.3. The molecule has 1 aromatic heterocycles. The van der Waals surface area contributed by atoms with Crippen molar-refractivity contribution in [2.75, 3.05) is 45.8 Å². The van der Waals surface area contributed by atoms with Crippen LogP contribution in [0, 0.1) is 11.3 Å². The zero-order chi connectivity index (χ0) is 42.6. The predicted molar refractivity (Wildman–Crippen MR) is 229 cm³/mol. The number of para-hydroxylation sites is 1. The topological polar surface area (TPSA) is 149 Å². The highest BCUT2D eigenvalue weighted by molar-refractivity contribution is 6.07. The van der Waals surface area contributed by atoms with Gasteiger partial charge in [0.05, 0.1) is 35.8 Å². The zero-order valence-electron chi connectivity index (χ0n) is 34.2. The molecule has 2 N–H and O–H groups in total. The van der Waals surface area contributed by atoms with Crippen LogP contribution in [-0.2, 0) is 42.7 Å². The lowest BCUT2D eigenvalue weighted by Crippen LogP contribution is -2.76. The van der Waals surface area contributed by atoms with E-state index in [0.29, 0.717) is 24.2 Å². The number of aromatic nitrogens is 1. The van der Waals surface area contributed by atoms with Gasteiger partial charge in [-0.2, -0.15) is 5.26 Å². The molecule has 4 aromatic carbocycles. The van der Waals surface area contributed by atoms with Gasteiger partial charge in [0.1, 0.15) is 18.0 Å². The molecule has 3 aliphatic heterocycles. The number of hydrazine groups is 1. The molecular weight excluding hydrogens is 771 g/mol. The number of aryl methyl sites for hydroxylation is 1. The fourth-order valence-corrected chi connectivity index (χ4v) is 8.83. The van der Waals surface area contributed by atoms with Crippen LogP contribution in [0.1, 0.15) is 38.2 Å². The van der Waals surface area contributed by atoms with E-state index in [1.807, 2.05) is 95.5 Å². The Morgan fingerprint density at radius 3 is 2.31 bits per heavy atom. The lowest BCUT2D eigenvalue weighted by molar-refractivity contribution is -0.189. The number of fused-ring (bicyclic) bond motifs is 2. The summed E-state index contributed by atoms with van der Waals surface area (Å²) in [5.74, 6) is -0.511. The van der Waals surface area contributed by atoms with Crippen LogP contribution < -0.4 is 5.32 Å². The van der Waals surface area contributed by atoms with Gasteiger partial charge in [-0.1, -0.05) is 78.9 Å². The van der Waals surface area contributed by atoms with E-state index in [1.54, 1.807) is 50.2 Å². The number of hydrogen-bond donors (Lipinski definition) is 2. The number of nitrogens with one attached hydrogen (secondary N) is 1. The standard InChI is InChI=1S/C47H49N9O5/c1-3-20-54-32-43(58)55-41(25-33-16-18-38(57)19-17-33)46(60)53(31-42(55)56(54)47(61)49-27-35-8-5-4-6-9-35)29-37-10-7-11-39-40(30-50(2)44(37)39)45(59)52-23-21-51(22-24-52)28-36-14-12-34(26-48)13-15-36/h3-19,30,41-42,57H,1,20-25,27-29,31-32H2,2H3,(H,49,61)/t41-,42-/m0/s1. The summed E-state index contributed by atoms with van der Waals surface area (Å²) in [4.78, 5) is 64.7. The van der Waals surface area contributed by atoms with Crippen LogP contribution in [0.25, 0.3) is 10.9 Å². The first-order valence-electron chi connectivity index (χ1n) is 20.5. The van der Waals surface area contributed by atoms with Crippen LogP contribution in [0.5, 0.6) is 5.75 Å². The molecule has 0 bridgehead atoms. The maximum atomic E-state index is 14.8. The molecule has 14 nitrogen and oxygen atoms in total. The Balaban J connectivity index is 1.06. The van der Waals surface area contributed by atoms with E-state index < -0.39 is 18.2 Å². The molecule has 4 heterocycles. The molecule has 14 heteroatoms. The van der Waals surface area contributed by atoms with Crippen molar-refractivity contribution >= 4 is 34.7 Å².